The van der Waals surface area contributed by atoms with Gasteiger partial charge in [0.2, 0.25) is 11.7 Å². The summed E-state index contributed by atoms with van der Waals surface area (Å²) in [6, 6.07) is 6.28. The van der Waals surface area contributed by atoms with Crippen LogP contribution in [0.3, 0.4) is 0 Å². The molecule has 1 saturated heterocycles. The number of nitrogens with one attached hydrogen (secondary N) is 1. The number of aromatic nitrogens is 2. The van der Waals surface area contributed by atoms with Crippen LogP contribution in [0, 0.1) is 5.82 Å². The monoisotopic (exact) mass is 306 g/mol. The van der Waals surface area contributed by atoms with Gasteiger partial charge in [0.25, 0.3) is 0 Å². The van der Waals surface area contributed by atoms with Gasteiger partial charge < -0.3 is 14.6 Å². The molecule has 0 amide bonds. The first-order valence-electron chi connectivity index (χ1n) is 7.35. The third-order valence-corrected chi connectivity index (χ3v) is 3.67. The summed E-state index contributed by atoms with van der Waals surface area (Å²) in [5, 5.41) is 7.25. The fraction of sp³-hybridized carbons (Fsp3) is 0.467. The molecule has 1 aliphatic rings. The third kappa shape index (κ3) is 3.80. The molecule has 0 unspecified atom stereocenters. The van der Waals surface area contributed by atoms with E-state index in [0.717, 1.165) is 19.6 Å². The lowest BCUT2D eigenvalue weighted by molar-refractivity contribution is 0.146. The van der Waals surface area contributed by atoms with Crippen molar-refractivity contribution in [3.63, 3.8) is 0 Å². The molecule has 0 saturated carbocycles. The van der Waals surface area contributed by atoms with Crippen LogP contribution in [0.15, 0.2) is 28.8 Å². The van der Waals surface area contributed by atoms with Gasteiger partial charge in [0.1, 0.15) is 11.6 Å². The van der Waals surface area contributed by atoms with Crippen molar-refractivity contribution in [2.24, 2.45) is 0 Å². The summed E-state index contributed by atoms with van der Waals surface area (Å²) in [4.78, 5) is 6.63. The predicted octanol–water partition coefficient (Wildman–Crippen LogP) is 1.58. The molecule has 0 radical (unpaired) electrons. The van der Waals surface area contributed by atoms with Gasteiger partial charge in [0, 0.05) is 25.7 Å². The average Bonchev–Trinajstić information content (AvgIpc) is 2.97. The Hall–Kier alpha value is -1.99. The van der Waals surface area contributed by atoms with Crippen LogP contribution >= 0.6 is 0 Å². The molecular weight excluding hydrogens is 287 g/mol. The zero-order valence-corrected chi connectivity index (χ0v) is 12.5. The van der Waals surface area contributed by atoms with Gasteiger partial charge in [-0.05, 0) is 31.2 Å². The SMILES string of the molecule is C[C@H]1CNCCN1Cc1nc(COc2ccc(F)cc2)no1. The smallest absolute Gasteiger partial charge is 0.240 e. The Bertz CT molecular complexity index is 602. The third-order valence-electron chi connectivity index (χ3n) is 3.67. The van der Waals surface area contributed by atoms with Crippen LogP contribution in [0.4, 0.5) is 4.39 Å². The minimum atomic E-state index is -0.292. The standard InChI is InChI=1S/C15H19FN4O2/c1-11-8-17-6-7-20(11)9-15-18-14(19-22-15)10-21-13-4-2-12(16)3-5-13/h2-5,11,17H,6-10H2,1H3/t11-/m0/s1. The number of hydrogen-bond acceptors (Lipinski definition) is 6. The van der Waals surface area contributed by atoms with Crippen LogP contribution < -0.4 is 10.1 Å². The maximum Gasteiger partial charge on any atom is 0.240 e. The molecule has 22 heavy (non-hydrogen) atoms. The second kappa shape index (κ2) is 6.85. The highest BCUT2D eigenvalue weighted by Gasteiger charge is 2.20. The van der Waals surface area contributed by atoms with Crippen LogP contribution in [0.25, 0.3) is 0 Å². The molecule has 1 aromatic heterocycles. The number of benzene rings is 1. The summed E-state index contributed by atoms with van der Waals surface area (Å²) in [5.74, 6) is 1.36. The van der Waals surface area contributed by atoms with Crippen molar-refractivity contribution in [1.29, 1.82) is 0 Å². The predicted molar refractivity (Wildman–Crippen MR) is 77.8 cm³/mol. The van der Waals surface area contributed by atoms with Gasteiger partial charge in [0.15, 0.2) is 6.61 Å². The molecule has 1 fully saturated rings. The van der Waals surface area contributed by atoms with Crippen LogP contribution in [-0.2, 0) is 13.2 Å². The molecular formula is C15H19FN4O2. The van der Waals surface area contributed by atoms with E-state index in [0.29, 0.717) is 30.1 Å². The Morgan fingerprint density at radius 2 is 2.23 bits per heavy atom. The summed E-state index contributed by atoms with van der Waals surface area (Å²) in [7, 11) is 0. The highest BCUT2D eigenvalue weighted by Crippen LogP contribution is 2.13. The normalized spacial score (nSPS) is 19.3. The van der Waals surface area contributed by atoms with E-state index in [1.54, 1.807) is 12.1 Å². The molecule has 3 rings (SSSR count). The number of rotatable bonds is 5. The molecule has 2 aromatic rings. The first-order valence-corrected chi connectivity index (χ1v) is 7.35. The molecule has 1 aliphatic heterocycles. The Morgan fingerprint density at radius 1 is 1.41 bits per heavy atom. The van der Waals surface area contributed by atoms with Gasteiger partial charge >= 0.3 is 0 Å². The topological polar surface area (TPSA) is 63.4 Å². The summed E-state index contributed by atoms with van der Waals surface area (Å²) in [6.45, 7) is 5.92. The summed E-state index contributed by atoms with van der Waals surface area (Å²) >= 11 is 0. The van der Waals surface area contributed by atoms with Crippen molar-refractivity contribution >= 4 is 0 Å². The van der Waals surface area contributed by atoms with Gasteiger partial charge in [0.05, 0.1) is 6.54 Å². The highest BCUT2D eigenvalue weighted by molar-refractivity contribution is 5.22. The number of halogens is 1. The molecule has 0 bridgehead atoms. The highest BCUT2D eigenvalue weighted by atomic mass is 19.1. The number of piperazine rings is 1. The molecule has 1 aromatic carbocycles. The molecule has 7 heteroatoms. The fourth-order valence-corrected chi connectivity index (χ4v) is 2.38. The van der Waals surface area contributed by atoms with Crippen LogP contribution in [0.2, 0.25) is 0 Å². The van der Waals surface area contributed by atoms with E-state index in [1.807, 2.05) is 0 Å². The van der Waals surface area contributed by atoms with Gasteiger partial charge in [-0.25, -0.2) is 4.39 Å². The number of ether oxygens (including phenoxy) is 1. The second-order valence-electron chi connectivity index (χ2n) is 5.37. The zero-order chi connectivity index (χ0) is 15.4. The Morgan fingerprint density at radius 3 is 3.00 bits per heavy atom. The maximum atomic E-state index is 12.8. The molecule has 1 atom stereocenters. The first-order chi connectivity index (χ1) is 10.7. The van der Waals surface area contributed by atoms with Gasteiger partial charge in [-0.15, -0.1) is 0 Å². The van der Waals surface area contributed by atoms with Gasteiger partial charge in [-0.3, -0.25) is 4.90 Å². The van der Waals surface area contributed by atoms with E-state index in [1.165, 1.54) is 12.1 Å². The molecule has 118 valence electrons. The van der Waals surface area contributed by atoms with Gasteiger partial charge in [-0.1, -0.05) is 5.16 Å². The molecule has 0 aliphatic carbocycles. The fourth-order valence-electron chi connectivity index (χ4n) is 2.38. The Labute approximate surface area is 128 Å². The van der Waals surface area contributed by atoms with Crippen molar-refractivity contribution in [3.05, 3.63) is 41.8 Å². The van der Waals surface area contributed by atoms with Crippen molar-refractivity contribution in [2.45, 2.75) is 26.1 Å². The van der Waals surface area contributed by atoms with E-state index in [4.69, 9.17) is 9.26 Å². The molecule has 0 spiro atoms. The van der Waals surface area contributed by atoms with E-state index in [-0.39, 0.29) is 12.4 Å². The quantitative estimate of drug-likeness (QED) is 0.905. The van der Waals surface area contributed by atoms with Crippen LogP contribution in [0.5, 0.6) is 5.75 Å². The van der Waals surface area contributed by atoms with E-state index in [9.17, 15) is 4.39 Å². The first kappa shape index (κ1) is 14.9. The van der Waals surface area contributed by atoms with E-state index >= 15 is 0 Å². The molecule has 2 heterocycles. The molecule has 6 nitrogen and oxygen atoms in total. The van der Waals surface area contributed by atoms with Crippen molar-refractivity contribution in [1.82, 2.24) is 20.4 Å². The lowest BCUT2D eigenvalue weighted by Crippen LogP contribution is -2.49. The number of nitrogens with zero attached hydrogens (tertiary/aromatic N) is 3. The lowest BCUT2D eigenvalue weighted by atomic mass is 10.2. The minimum Gasteiger partial charge on any atom is -0.485 e. The minimum absolute atomic E-state index is 0.201. The second-order valence-corrected chi connectivity index (χ2v) is 5.37. The van der Waals surface area contributed by atoms with Crippen LogP contribution in [-0.4, -0.2) is 40.7 Å². The van der Waals surface area contributed by atoms with E-state index in [2.05, 4.69) is 27.3 Å². The largest absolute Gasteiger partial charge is 0.485 e. The Kier molecular flexibility index (Phi) is 4.65. The summed E-state index contributed by atoms with van der Waals surface area (Å²) < 4.78 is 23.6. The molecule has 1 N–H and O–H groups in total. The van der Waals surface area contributed by atoms with Crippen molar-refractivity contribution < 1.29 is 13.7 Å². The summed E-state index contributed by atoms with van der Waals surface area (Å²) in [6.07, 6.45) is 0. The van der Waals surface area contributed by atoms with Crippen molar-refractivity contribution in [2.75, 3.05) is 19.6 Å². The van der Waals surface area contributed by atoms with Crippen LogP contribution in [0.1, 0.15) is 18.6 Å². The van der Waals surface area contributed by atoms with E-state index < -0.39 is 0 Å². The van der Waals surface area contributed by atoms with Gasteiger partial charge in [-0.2, -0.15) is 4.98 Å². The Balaban J connectivity index is 1.53. The average molecular weight is 306 g/mol. The number of hydrogen-bond donors (Lipinski definition) is 1. The zero-order valence-electron chi connectivity index (χ0n) is 12.5. The lowest BCUT2D eigenvalue weighted by Gasteiger charge is -2.32. The maximum absolute atomic E-state index is 12.8. The van der Waals surface area contributed by atoms with Crippen molar-refractivity contribution in [3.8, 4) is 5.75 Å². The summed E-state index contributed by atoms with van der Waals surface area (Å²) in [5.41, 5.74) is 0.